The average Bonchev–Trinajstić information content (AvgIpc) is 2.64. The lowest BCUT2D eigenvalue weighted by Gasteiger charge is -2.30. The van der Waals surface area contributed by atoms with Crippen LogP contribution >= 0.6 is 11.8 Å². The zero-order chi connectivity index (χ0) is 12.5. The summed E-state index contributed by atoms with van der Waals surface area (Å²) < 4.78 is 0.289. The molecule has 0 radical (unpaired) electrons. The molecule has 2 rings (SSSR count). The molecule has 1 heterocycles. The van der Waals surface area contributed by atoms with E-state index in [2.05, 4.69) is 50.7 Å². The number of rotatable bonds is 3. The Morgan fingerprint density at radius 1 is 1.29 bits per heavy atom. The Bertz CT molecular complexity index is 374. The number of thioether (sulfide) groups is 1. The fourth-order valence-electron chi connectivity index (χ4n) is 2.75. The predicted octanol–water partition coefficient (Wildman–Crippen LogP) is 3.46. The van der Waals surface area contributed by atoms with Crippen LogP contribution in [0.4, 0.5) is 0 Å². The molecule has 0 amide bonds. The summed E-state index contributed by atoms with van der Waals surface area (Å²) in [4.78, 5) is 0. The highest BCUT2D eigenvalue weighted by Crippen LogP contribution is 2.40. The molecular formula is C15H23NS. The smallest absolute Gasteiger partial charge is 0.0286 e. The van der Waals surface area contributed by atoms with Gasteiger partial charge in [0.1, 0.15) is 0 Å². The number of aryl methyl sites for hydroxylation is 2. The van der Waals surface area contributed by atoms with E-state index >= 15 is 0 Å². The summed E-state index contributed by atoms with van der Waals surface area (Å²) in [6.45, 7) is 6.65. The zero-order valence-electron chi connectivity index (χ0n) is 11.1. The van der Waals surface area contributed by atoms with Gasteiger partial charge < -0.3 is 5.73 Å². The van der Waals surface area contributed by atoms with Gasteiger partial charge in [0.25, 0.3) is 0 Å². The third kappa shape index (κ3) is 3.05. The maximum absolute atomic E-state index is 6.42. The molecule has 1 aromatic rings. The predicted molar refractivity (Wildman–Crippen MR) is 77.7 cm³/mol. The van der Waals surface area contributed by atoms with Crippen molar-refractivity contribution in [1.82, 2.24) is 0 Å². The van der Waals surface area contributed by atoms with Crippen LogP contribution in [0.1, 0.15) is 36.5 Å². The van der Waals surface area contributed by atoms with Crippen molar-refractivity contribution in [1.29, 1.82) is 0 Å². The van der Waals surface area contributed by atoms with Crippen molar-refractivity contribution in [2.45, 2.75) is 50.8 Å². The number of benzene rings is 1. The van der Waals surface area contributed by atoms with E-state index in [1.54, 1.807) is 0 Å². The molecule has 1 fully saturated rings. The highest BCUT2D eigenvalue weighted by molar-refractivity contribution is 8.00. The first-order valence-corrected chi connectivity index (χ1v) is 7.45. The molecule has 2 atom stereocenters. The Labute approximate surface area is 109 Å². The number of nitrogens with two attached hydrogens (primary N) is 1. The van der Waals surface area contributed by atoms with E-state index in [0.717, 1.165) is 6.42 Å². The van der Waals surface area contributed by atoms with Gasteiger partial charge in [-0.1, -0.05) is 29.3 Å². The van der Waals surface area contributed by atoms with Gasteiger partial charge in [-0.25, -0.2) is 0 Å². The molecule has 0 aliphatic carbocycles. The summed E-state index contributed by atoms with van der Waals surface area (Å²) in [6, 6.07) is 7.04. The first-order chi connectivity index (χ1) is 7.99. The van der Waals surface area contributed by atoms with Crippen LogP contribution in [0.15, 0.2) is 18.2 Å². The van der Waals surface area contributed by atoms with Crippen molar-refractivity contribution in [2.24, 2.45) is 5.73 Å². The highest BCUT2D eigenvalue weighted by Gasteiger charge is 2.35. The summed E-state index contributed by atoms with van der Waals surface area (Å²) in [5.74, 6) is 1.27. The molecule has 1 aromatic carbocycles. The summed E-state index contributed by atoms with van der Waals surface area (Å²) in [5.41, 5.74) is 10.5. The minimum absolute atomic E-state index is 0.274. The van der Waals surface area contributed by atoms with Crippen LogP contribution in [0.25, 0.3) is 0 Å². The summed E-state index contributed by atoms with van der Waals surface area (Å²) >= 11 is 2.06. The fourth-order valence-corrected chi connectivity index (χ4v) is 4.09. The second-order valence-electron chi connectivity index (χ2n) is 5.57. The van der Waals surface area contributed by atoms with Crippen LogP contribution < -0.4 is 5.73 Å². The summed E-state index contributed by atoms with van der Waals surface area (Å²) in [6.07, 6.45) is 3.59. The van der Waals surface area contributed by atoms with E-state index in [-0.39, 0.29) is 10.8 Å². The normalized spacial score (nSPS) is 26.1. The molecule has 1 aliphatic rings. The van der Waals surface area contributed by atoms with Gasteiger partial charge in [-0.15, -0.1) is 0 Å². The Morgan fingerprint density at radius 3 is 2.47 bits per heavy atom. The molecule has 0 bridgehead atoms. The van der Waals surface area contributed by atoms with Crippen molar-refractivity contribution in [3.8, 4) is 0 Å². The fraction of sp³-hybridized carbons (Fsp3) is 0.600. The van der Waals surface area contributed by atoms with Gasteiger partial charge in [-0.2, -0.15) is 11.8 Å². The summed E-state index contributed by atoms with van der Waals surface area (Å²) in [7, 11) is 0. The molecular weight excluding hydrogens is 226 g/mol. The van der Waals surface area contributed by atoms with Gasteiger partial charge >= 0.3 is 0 Å². The maximum Gasteiger partial charge on any atom is 0.0286 e. The number of hydrogen-bond donors (Lipinski definition) is 1. The lowest BCUT2D eigenvalue weighted by molar-refractivity contribution is 0.482. The molecule has 2 unspecified atom stereocenters. The van der Waals surface area contributed by atoms with Crippen LogP contribution in [0, 0.1) is 13.8 Å². The Balaban J connectivity index is 2.09. The molecule has 1 saturated heterocycles. The second-order valence-corrected chi connectivity index (χ2v) is 7.20. The Morgan fingerprint density at radius 2 is 1.94 bits per heavy atom. The molecule has 0 saturated carbocycles. The lowest BCUT2D eigenvalue weighted by atomic mass is 9.90. The maximum atomic E-state index is 6.42. The third-order valence-corrected chi connectivity index (χ3v) is 5.43. The van der Waals surface area contributed by atoms with Crippen molar-refractivity contribution >= 4 is 11.8 Å². The molecule has 0 spiro atoms. The van der Waals surface area contributed by atoms with Crippen molar-refractivity contribution in [2.75, 3.05) is 5.75 Å². The SMILES string of the molecule is Cc1cc(C)cc(CC(N)C2(C)CCCS2)c1. The van der Waals surface area contributed by atoms with Gasteiger partial charge in [-0.05, 0) is 51.3 Å². The van der Waals surface area contributed by atoms with E-state index < -0.39 is 0 Å². The van der Waals surface area contributed by atoms with Crippen LogP contribution in [-0.4, -0.2) is 16.5 Å². The molecule has 1 nitrogen and oxygen atoms in total. The standard InChI is InChI=1S/C15H23NS/c1-11-7-12(2)9-13(8-11)10-14(16)15(3)5-4-6-17-15/h7-9,14H,4-6,10,16H2,1-3H3. The molecule has 1 aliphatic heterocycles. The van der Waals surface area contributed by atoms with Gasteiger partial charge in [0.2, 0.25) is 0 Å². The van der Waals surface area contributed by atoms with Crippen LogP contribution in [0.3, 0.4) is 0 Å². The first kappa shape index (κ1) is 13.0. The molecule has 2 N–H and O–H groups in total. The molecule has 94 valence electrons. The third-order valence-electron chi connectivity index (χ3n) is 3.77. The van der Waals surface area contributed by atoms with Crippen molar-refractivity contribution < 1.29 is 0 Å². The van der Waals surface area contributed by atoms with Crippen LogP contribution in [-0.2, 0) is 6.42 Å². The van der Waals surface area contributed by atoms with E-state index in [1.807, 2.05) is 0 Å². The van der Waals surface area contributed by atoms with E-state index in [4.69, 9.17) is 5.73 Å². The minimum Gasteiger partial charge on any atom is -0.326 e. The van der Waals surface area contributed by atoms with E-state index in [9.17, 15) is 0 Å². The van der Waals surface area contributed by atoms with Crippen LogP contribution in [0.2, 0.25) is 0 Å². The lowest BCUT2D eigenvalue weighted by Crippen LogP contribution is -2.42. The number of hydrogen-bond acceptors (Lipinski definition) is 2. The van der Waals surface area contributed by atoms with Gasteiger partial charge in [0, 0.05) is 10.8 Å². The summed E-state index contributed by atoms with van der Waals surface area (Å²) in [5, 5.41) is 0. The average molecular weight is 249 g/mol. The Hall–Kier alpha value is -0.470. The topological polar surface area (TPSA) is 26.0 Å². The van der Waals surface area contributed by atoms with Gasteiger partial charge in [-0.3, -0.25) is 0 Å². The minimum atomic E-state index is 0.274. The highest BCUT2D eigenvalue weighted by atomic mass is 32.2. The molecule has 2 heteroatoms. The van der Waals surface area contributed by atoms with Crippen LogP contribution in [0.5, 0.6) is 0 Å². The Kier molecular flexibility index (Phi) is 3.84. The zero-order valence-corrected chi connectivity index (χ0v) is 11.9. The van der Waals surface area contributed by atoms with E-state index in [1.165, 1.54) is 35.3 Å². The molecule has 17 heavy (non-hydrogen) atoms. The quantitative estimate of drug-likeness (QED) is 0.888. The second kappa shape index (κ2) is 5.03. The van der Waals surface area contributed by atoms with E-state index in [0.29, 0.717) is 0 Å². The molecule has 0 aromatic heterocycles. The first-order valence-electron chi connectivity index (χ1n) is 6.46. The monoisotopic (exact) mass is 249 g/mol. The van der Waals surface area contributed by atoms with Crippen molar-refractivity contribution in [3.63, 3.8) is 0 Å². The van der Waals surface area contributed by atoms with Gasteiger partial charge in [0.15, 0.2) is 0 Å². The largest absolute Gasteiger partial charge is 0.326 e. The van der Waals surface area contributed by atoms with Gasteiger partial charge in [0.05, 0.1) is 0 Å². The van der Waals surface area contributed by atoms with Crippen molar-refractivity contribution in [3.05, 3.63) is 34.9 Å².